The van der Waals surface area contributed by atoms with Crippen molar-refractivity contribution in [3.8, 4) is 12.3 Å². The summed E-state index contributed by atoms with van der Waals surface area (Å²) in [5.41, 5.74) is -1.75. The molecule has 1 unspecified atom stereocenters. The van der Waals surface area contributed by atoms with E-state index in [0.717, 1.165) is 5.39 Å². The van der Waals surface area contributed by atoms with Crippen molar-refractivity contribution in [1.82, 2.24) is 0 Å². The van der Waals surface area contributed by atoms with Gasteiger partial charge in [-0.05, 0) is 37.8 Å². The predicted octanol–water partition coefficient (Wildman–Crippen LogP) is 1.26. The molecule has 0 saturated heterocycles. The third-order valence-corrected chi connectivity index (χ3v) is 4.08. The lowest BCUT2D eigenvalue weighted by molar-refractivity contribution is -0.118. The first-order chi connectivity index (χ1) is 11.1. The molecule has 4 nitrogen and oxygen atoms in total. The molecule has 128 valence electrons. The zero-order valence-corrected chi connectivity index (χ0v) is 14.0. The minimum Gasteiger partial charge on any atom is -0.430 e. The highest BCUT2D eigenvalue weighted by atomic mass is 19.1. The molecule has 6 heteroatoms. The number of aliphatic hydroxyl groups is 2. The zero-order valence-electron chi connectivity index (χ0n) is 14.0. The smallest absolute Gasteiger partial charge is 0.430 e. The van der Waals surface area contributed by atoms with E-state index in [1.165, 1.54) is 6.07 Å². The van der Waals surface area contributed by atoms with Crippen molar-refractivity contribution in [1.29, 1.82) is 0 Å². The normalized spacial score (nSPS) is 13.5. The van der Waals surface area contributed by atoms with E-state index in [2.05, 4.69) is 5.92 Å². The van der Waals surface area contributed by atoms with Crippen LogP contribution in [0.25, 0.3) is 10.8 Å². The Morgan fingerprint density at radius 3 is 2.21 bits per heavy atom. The first-order valence-corrected chi connectivity index (χ1v) is 7.42. The van der Waals surface area contributed by atoms with Gasteiger partial charge in [-0.2, -0.15) is 0 Å². The molecule has 0 heterocycles. The van der Waals surface area contributed by atoms with Crippen molar-refractivity contribution in [2.45, 2.75) is 38.4 Å². The van der Waals surface area contributed by atoms with E-state index in [4.69, 9.17) is 16.5 Å². The van der Waals surface area contributed by atoms with Gasteiger partial charge in [-0.1, -0.05) is 30.2 Å². The fourth-order valence-electron chi connectivity index (χ4n) is 2.31. The van der Waals surface area contributed by atoms with Gasteiger partial charge in [-0.15, -0.1) is 6.42 Å². The molecule has 24 heavy (non-hydrogen) atoms. The van der Waals surface area contributed by atoms with Crippen LogP contribution in [0.1, 0.15) is 31.9 Å². The van der Waals surface area contributed by atoms with Crippen molar-refractivity contribution < 1.29 is 24.7 Å². The van der Waals surface area contributed by atoms with Crippen LogP contribution in [-0.4, -0.2) is 39.1 Å². The van der Waals surface area contributed by atoms with Crippen molar-refractivity contribution in [3.63, 3.8) is 0 Å². The predicted molar refractivity (Wildman–Crippen MR) is 94.1 cm³/mol. The van der Waals surface area contributed by atoms with Crippen molar-refractivity contribution in [2.75, 3.05) is 0 Å². The zero-order chi connectivity index (χ0) is 18.5. The number of benzene rings is 2. The first kappa shape index (κ1) is 20.1. The van der Waals surface area contributed by atoms with Gasteiger partial charge in [0.1, 0.15) is 5.82 Å². The van der Waals surface area contributed by atoms with E-state index in [1.54, 1.807) is 32.9 Å². The van der Waals surface area contributed by atoms with Crippen LogP contribution in [0, 0.1) is 18.2 Å². The Labute approximate surface area is 141 Å². The fraction of sp³-hybridized carbons (Fsp3) is 0.333. The Balaban J connectivity index is 0.000000891. The molecule has 0 radical (unpaired) electrons. The molecule has 0 fully saturated rings. The van der Waals surface area contributed by atoms with Crippen LogP contribution >= 0.6 is 0 Å². The molecule has 4 N–H and O–H groups in total. The van der Waals surface area contributed by atoms with E-state index in [-0.39, 0.29) is 12.0 Å². The Kier molecular flexibility index (Phi) is 6.53. The van der Waals surface area contributed by atoms with E-state index in [0.29, 0.717) is 10.9 Å². The van der Waals surface area contributed by atoms with Crippen LogP contribution in [0.4, 0.5) is 4.39 Å². The van der Waals surface area contributed by atoms with Gasteiger partial charge in [0.15, 0.2) is 0 Å². The van der Waals surface area contributed by atoms with Gasteiger partial charge in [0.2, 0.25) is 0 Å². The highest BCUT2D eigenvalue weighted by molar-refractivity contribution is 6.13. The molecule has 0 aliphatic rings. The molecule has 2 aromatic rings. The van der Waals surface area contributed by atoms with Crippen LogP contribution in [0.3, 0.4) is 0 Å². The number of halogens is 1. The lowest BCUT2D eigenvalue weighted by atomic mass is 9.81. The van der Waals surface area contributed by atoms with Crippen molar-refractivity contribution in [3.05, 3.63) is 47.3 Å². The monoisotopic (exact) mass is 332 g/mol. The summed E-state index contributed by atoms with van der Waals surface area (Å²) in [7, 11) is -0.750. The highest BCUT2D eigenvalue weighted by Crippen LogP contribution is 2.31. The lowest BCUT2D eigenvalue weighted by Crippen LogP contribution is -2.49. The Hall–Kier alpha value is -1.91. The Morgan fingerprint density at radius 2 is 1.71 bits per heavy atom. The van der Waals surface area contributed by atoms with E-state index < -0.39 is 24.7 Å². The quantitative estimate of drug-likeness (QED) is 0.504. The lowest BCUT2D eigenvalue weighted by Gasteiger charge is -2.36. The summed E-state index contributed by atoms with van der Waals surface area (Å²) in [6.07, 6.45) is 5.61. The molecule has 0 spiro atoms. The van der Waals surface area contributed by atoms with E-state index in [1.807, 2.05) is 12.1 Å². The summed E-state index contributed by atoms with van der Waals surface area (Å²) >= 11 is 0. The third kappa shape index (κ3) is 4.34. The second kappa shape index (κ2) is 7.78. The van der Waals surface area contributed by atoms with Gasteiger partial charge in [-0.25, -0.2) is 4.39 Å². The first-order valence-electron chi connectivity index (χ1n) is 7.42. The summed E-state index contributed by atoms with van der Waals surface area (Å²) < 4.78 is 13.9. The maximum absolute atomic E-state index is 13.9. The van der Waals surface area contributed by atoms with Gasteiger partial charge in [0, 0.05) is 11.8 Å². The van der Waals surface area contributed by atoms with Crippen molar-refractivity contribution in [2.24, 2.45) is 0 Å². The minimum absolute atomic E-state index is 0.173. The molecular formula is C18H22BFO4. The Bertz CT molecular complexity index is 745. The fourth-order valence-corrected chi connectivity index (χ4v) is 2.31. The highest BCUT2D eigenvalue weighted by Gasteiger charge is 2.38. The van der Waals surface area contributed by atoms with Crippen LogP contribution in [0.5, 0.6) is 0 Å². The molecule has 0 aliphatic heterocycles. The molecule has 2 rings (SSSR count). The molecule has 0 aromatic heterocycles. The van der Waals surface area contributed by atoms with E-state index in [9.17, 15) is 14.6 Å². The molecule has 0 saturated carbocycles. The van der Waals surface area contributed by atoms with Gasteiger partial charge < -0.3 is 20.3 Å². The van der Waals surface area contributed by atoms with Gasteiger partial charge in [0.05, 0.1) is 16.8 Å². The molecule has 0 amide bonds. The number of hydrogen-bond acceptors (Lipinski definition) is 4. The second-order valence-corrected chi connectivity index (χ2v) is 6.23. The summed E-state index contributed by atoms with van der Waals surface area (Å²) in [6.45, 7) is 4.64. The van der Waals surface area contributed by atoms with Gasteiger partial charge in [0.25, 0.3) is 0 Å². The maximum atomic E-state index is 13.9. The van der Waals surface area contributed by atoms with Crippen LogP contribution in [0.2, 0.25) is 0 Å². The summed E-state index contributed by atoms with van der Waals surface area (Å²) in [4.78, 5) is 0. The summed E-state index contributed by atoms with van der Waals surface area (Å²) in [5, 5.41) is 36.3. The minimum atomic E-state index is -1.36. The third-order valence-electron chi connectivity index (χ3n) is 4.08. The molecule has 0 bridgehead atoms. The molecular weight excluding hydrogens is 310 g/mol. The second-order valence-electron chi connectivity index (χ2n) is 6.23. The SMILES string of the molecule is C#Cc1c(F)ccc2cccc(CC(C)(O)C(C)(C)O)c12.OBO. The number of fused-ring (bicyclic) bond motifs is 1. The van der Waals surface area contributed by atoms with Gasteiger partial charge in [-0.3, -0.25) is 0 Å². The largest absolute Gasteiger partial charge is 0.432 e. The number of terminal acetylenes is 1. The summed E-state index contributed by atoms with van der Waals surface area (Å²) in [5.74, 6) is 1.93. The average molecular weight is 332 g/mol. The van der Waals surface area contributed by atoms with Crippen LogP contribution in [-0.2, 0) is 6.42 Å². The standard InChI is InChI=1S/C18H19FO2.BH3O2/c1-5-14-15(19)10-9-12-7-6-8-13(16(12)14)11-18(4,21)17(2,3)20;2-1-3/h1,6-10,20-21H,11H2,2-4H3;1-3H. The Morgan fingerprint density at radius 1 is 1.12 bits per heavy atom. The molecule has 1 atom stereocenters. The van der Waals surface area contributed by atoms with Crippen LogP contribution in [0.15, 0.2) is 30.3 Å². The molecule has 0 aliphatic carbocycles. The number of hydrogen-bond donors (Lipinski definition) is 4. The molecule has 2 aromatic carbocycles. The van der Waals surface area contributed by atoms with E-state index >= 15 is 0 Å². The average Bonchev–Trinajstić information content (AvgIpc) is 2.47. The topological polar surface area (TPSA) is 80.9 Å². The summed E-state index contributed by atoms with van der Waals surface area (Å²) in [6, 6.07) is 8.47. The maximum Gasteiger partial charge on any atom is 0.432 e. The van der Waals surface area contributed by atoms with Crippen LogP contribution < -0.4 is 0 Å². The van der Waals surface area contributed by atoms with Crippen molar-refractivity contribution >= 4 is 18.5 Å². The van der Waals surface area contributed by atoms with Gasteiger partial charge >= 0.3 is 7.69 Å². The number of rotatable bonds is 3.